The number of benzene rings is 1. The monoisotopic (exact) mass is 624 g/mol. The highest BCUT2D eigenvalue weighted by Crippen LogP contribution is 2.43. The number of para-hydroxylation sites is 1. The van der Waals surface area contributed by atoms with Gasteiger partial charge in [0.25, 0.3) is 0 Å². The second kappa shape index (κ2) is 10.5. The fraction of sp³-hybridized carbons (Fsp3) is 0.448. The number of hydrogen-bond donors (Lipinski definition) is 1. The van der Waals surface area contributed by atoms with Gasteiger partial charge in [0.1, 0.15) is 5.60 Å². The summed E-state index contributed by atoms with van der Waals surface area (Å²) >= 11 is 5.26. The zero-order chi connectivity index (χ0) is 28.1. The average molecular weight is 626 g/mol. The van der Waals surface area contributed by atoms with E-state index in [2.05, 4.69) is 41.6 Å². The summed E-state index contributed by atoms with van der Waals surface area (Å²) in [6, 6.07) is 8.05. The van der Waals surface area contributed by atoms with Crippen molar-refractivity contribution in [3.05, 3.63) is 53.5 Å². The first-order valence-corrected chi connectivity index (χ1v) is 15.1. The molecule has 2 atom stereocenters. The Morgan fingerprint density at radius 2 is 1.95 bits per heavy atom. The number of pyridine rings is 1. The third-order valence-electron chi connectivity index (χ3n) is 7.75. The molecule has 2 fully saturated rings. The van der Waals surface area contributed by atoms with Crippen LogP contribution in [-0.4, -0.2) is 62.9 Å². The molecule has 1 aromatic carbocycles. The van der Waals surface area contributed by atoms with E-state index < -0.39 is 5.60 Å². The van der Waals surface area contributed by atoms with Crippen molar-refractivity contribution in [2.75, 3.05) is 24.6 Å². The van der Waals surface area contributed by atoms with Crippen molar-refractivity contribution in [3.8, 4) is 0 Å². The lowest BCUT2D eigenvalue weighted by Gasteiger charge is -2.43. The molecule has 1 amide bonds. The highest BCUT2D eigenvalue weighted by molar-refractivity contribution is 9.10. The van der Waals surface area contributed by atoms with E-state index in [0.717, 1.165) is 62.7 Å². The molecule has 1 spiro atoms. The standard InChI is InChI=1S/C29H33BrN6O3S/c1-18-24(34-27(37)39-28(2,3)4)29(17-38-18)9-13-35(14-10-29)26-33-16-22(25-32-12-15-36(25)26)40-21-8-11-31-23-19(21)6-5-7-20(23)30/h5-8,11-12,15-16,18,24H,9-10,13-14,17H2,1-4H3,(H,34,37)/t18-,24+/m0/s1. The first-order valence-electron chi connectivity index (χ1n) is 13.5. The molecule has 1 N–H and O–H groups in total. The summed E-state index contributed by atoms with van der Waals surface area (Å²) in [5.74, 6) is 0.873. The molecule has 2 aliphatic heterocycles. The van der Waals surface area contributed by atoms with Crippen LogP contribution in [0.3, 0.4) is 0 Å². The van der Waals surface area contributed by atoms with Crippen LogP contribution in [0.1, 0.15) is 40.5 Å². The summed E-state index contributed by atoms with van der Waals surface area (Å²) in [4.78, 5) is 31.1. The summed E-state index contributed by atoms with van der Waals surface area (Å²) in [7, 11) is 0. The van der Waals surface area contributed by atoms with Crippen LogP contribution in [0.15, 0.2) is 63.3 Å². The number of imidazole rings is 1. The van der Waals surface area contributed by atoms with Crippen LogP contribution in [0, 0.1) is 5.41 Å². The first kappa shape index (κ1) is 27.3. The van der Waals surface area contributed by atoms with E-state index in [4.69, 9.17) is 19.4 Å². The number of fused-ring (bicyclic) bond motifs is 2. The first-order chi connectivity index (χ1) is 19.1. The minimum atomic E-state index is -0.545. The molecule has 2 saturated heterocycles. The number of piperidine rings is 1. The maximum absolute atomic E-state index is 12.6. The van der Waals surface area contributed by atoms with Crippen molar-refractivity contribution >= 4 is 56.3 Å². The summed E-state index contributed by atoms with van der Waals surface area (Å²) in [6.45, 7) is 9.89. The van der Waals surface area contributed by atoms with Gasteiger partial charge in [-0.05, 0) is 68.6 Å². The number of nitrogens with one attached hydrogen (secondary N) is 1. The number of carbonyl (C=O) groups is 1. The van der Waals surface area contributed by atoms with Gasteiger partial charge in [0.05, 0.1) is 29.2 Å². The number of hydrogen-bond acceptors (Lipinski definition) is 8. The van der Waals surface area contributed by atoms with E-state index in [1.54, 1.807) is 11.8 Å². The molecule has 3 aromatic heterocycles. The number of rotatable bonds is 4. The van der Waals surface area contributed by atoms with Crippen molar-refractivity contribution < 1.29 is 14.3 Å². The van der Waals surface area contributed by atoms with Gasteiger partial charge in [-0.3, -0.25) is 9.38 Å². The van der Waals surface area contributed by atoms with Crippen LogP contribution in [0.4, 0.5) is 10.7 Å². The number of amides is 1. The van der Waals surface area contributed by atoms with Crippen LogP contribution >= 0.6 is 27.7 Å². The zero-order valence-electron chi connectivity index (χ0n) is 23.1. The minimum Gasteiger partial charge on any atom is -0.444 e. The predicted molar refractivity (Wildman–Crippen MR) is 159 cm³/mol. The molecule has 11 heteroatoms. The fourth-order valence-electron chi connectivity index (χ4n) is 5.81. The topological polar surface area (TPSA) is 93.9 Å². The van der Waals surface area contributed by atoms with E-state index in [9.17, 15) is 4.79 Å². The summed E-state index contributed by atoms with van der Waals surface area (Å²) in [5.41, 5.74) is 1.13. The molecule has 0 bridgehead atoms. The summed E-state index contributed by atoms with van der Waals surface area (Å²) < 4.78 is 14.7. The quantitative estimate of drug-likeness (QED) is 0.291. The molecule has 5 heterocycles. The zero-order valence-corrected chi connectivity index (χ0v) is 25.5. The van der Waals surface area contributed by atoms with Crippen LogP contribution in [-0.2, 0) is 9.47 Å². The van der Waals surface area contributed by atoms with Gasteiger partial charge in [0.15, 0.2) is 5.65 Å². The molecular formula is C29H33BrN6O3S. The lowest BCUT2D eigenvalue weighted by atomic mass is 9.73. The Morgan fingerprint density at radius 1 is 1.15 bits per heavy atom. The van der Waals surface area contributed by atoms with E-state index in [-0.39, 0.29) is 23.7 Å². The molecule has 0 unspecified atom stereocenters. The minimum absolute atomic E-state index is 0.0706. The van der Waals surface area contributed by atoms with Crippen LogP contribution < -0.4 is 10.2 Å². The number of halogens is 1. The van der Waals surface area contributed by atoms with Crippen molar-refractivity contribution in [1.82, 2.24) is 24.7 Å². The third kappa shape index (κ3) is 5.14. The van der Waals surface area contributed by atoms with Crippen molar-refractivity contribution in [2.45, 2.75) is 68.1 Å². The number of aromatic nitrogens is 4. The van der Waals surface area contributed by atoms with Crippen LogP contribution in [0.5, 0.6) is 0 Å². The highest BCUT2D eigenvalue weighted by atomic mass is 79.9. The molecule has 0 aliphatic carbocycles. The van der Waals surface area contributed by atoms with E-state index in [1.165, 1.54) is 0 Å². The predicted octanol–water partition coefficient (Wildman–Crippen LogP) is 6.09. The van der Waals surface area contributed by atoms with Gasteiger partial charge in [-0.25, -0.2) is 14.8 Å². The highest BCUT2D eigenvalue weighted by Gasteiger charge is 2.50. The third-order valence-corrected chi connectivity index (χ3v) is 9.48. The Kier molecular flexibility index (Phi) is 7.16. The van der Waals surface area contributed by atoms with E-state index >= 15 is 0 Å². The molecule has 4 aromatic rings. The van der Waals surface area contributed by atoms with E-state index in [1.807, 2.05) is 70.7 Å². The molecule has 2 aliphatic rings. The lowest BCUT2D eigenvalue weighted by molar-refractivity contribution is 0.0434. The summed E-state index contributed by atoms with van der Waals surface area (Å²) in [5, 5.41) is 4.21. The average Bonchev–Trinajstić information content (AvgIpc) is 3.51. The normalized spacial score (nSPS) is 20.9. The number of ether oxygens (including phenoxy) is 2. The molecular weight excluding hydrogens is 592 g/mol. The second-order valence-electron chi connectivity index (χ2n) is 11.6. The molecule has 0 radical (unpaired) electrons. The maximum Gasteiger partial charge on any atom is 0.407 e. The smallest absolute Gasteiger partial charge is 0.407 e. The van der Waals surface area contributed by atoms with Gasteiger partial charge in [-0.15, -0.1) is 0 Å². The fourth-order valence-corrected chi connectivity index (χ4v) is 7.26. The lowest BCUT2D eigenvalue weighted by Crippen LogP contribution is -2.55. The SMILES string of the molecule is C[C@@H]1OCC2(CCN(c3ncc(Sc4ccnc5c(Br)cccc45)c4nccn34)CC2)[C@@H]1NC(=O)OC(C)(C)C. The number of carbonyl (C=O) groups excluding carboxylic acids is 1. The second-order valence-corrected chi connectivity index (χ2v) is 13.5. The maximum atomic E-state index is 12.6. The number of anilines is 1. The van der Waals surface area contributed by atoms with Crippen LogP contribution in [0.25, 0.3) is 16.6 Å². The van der Waals surface area contributed by atoms with Gasteiger partial charge in [-0.2, -0.15) is 0 Å². The molecule has 6 rings (SSSR count). The molecule has 9 nitrogen and oxygen atoms in total. The van der Waals surface area contributed by atoms with E-state index in [0.29, 0.717) is 6.61 Å². The molecule has 40 heavy (non-hydrogen) atoms. The van der Waals surface area contributed by atoms with Crippen molar-refractivity contribution in [2.24, 2.45) is 5.41 Å². The Balaban J connectivity index is 1.21. The number of alkyl carbamates (subject to hydrolysis) is 1. The Hall–Kier alpha value is -2.89. The number of nitrogens with zero attached hydrogens (tertiary/aromatic N) is 5. The Bertz CT molecular complexity index is 1560. The van der Waals surface area contributed by atoms with Crippen molar-refractivity contribution in [1.29, 1.82) is 0 Å². The van der Waals surface area contributed by atoms with Gasteiger partial charge in [0.2, 0.25) is 5.95 Å². The molecule has 210 valence electrons. The molecule has 0 saturated carbocycles. The Morgan fingerprint density at radius 3 is 2.73 bits per heavy atom. The van der Waals surface area contributed by atoms with Gasteiger partial charge in [-0.1, -0.05) is 23.9 Å². The van der Waals surface area contributed by atoms with Gasteiger partial charge >= 0.3 is 6.09 Å². The largest absolute Gasteiger partial charge is 0.444 e. The van der Waals surface area contributed by atoms with Crippen molar-refractivity contribution in [3.63, 3.8) is 0 Å². The van der Waals surface area contributed by atoms with Gasteiger partial charge in [0, 0.05) is 58.0 Å². The van der Waals surface area contributed by atoms with Crippen LogP contribution in [0.2, 0.25) is 0 Å². The summed E-state index contributed by atoms with van der Waals surface area (Å²) in [6.07, 6.45) is 8.85. The van der Waals surface area contributed by atoms with Gasteiger partial charge < -0.3 is 19.7 Å². The Labute approximate surface area is 246 Å².